The molecule has 110 valence electrons. The van der Waals surface area contributed by atoms with Crippen molar-refractivity contribution < 1.29 is 19.8 Å². The van der Waals surface area contributed by atoms with E-state index >= 15 is 0 Å². The standard InChI is InChI=1S/C12H17N3O5/c1-6-7(2)14-15(4)10(17)8(6)9(16)13-5-12(3,20)11(18)19/h20H,5H2,1-4H3,(H,13,16)(H,18,19). The number of aliphatic carboxylic acids is 1. The summed E-state index contributed by atoms with van der Waals surface area (Å²) >= 11 is 0. The van der Waals surface area contributed by atoms with Crippen LogP contribution >= 0.6 is 0 Å². The van der Waals surface area contributed by atoms with E-state index in [2.05, 4.69) is 10.4 Å². The van der Waals surface area contributed by atoms with Crippen molar-refractivity contribution in [3.63, 3.8) is 0 Å². The van der Waals surface area contributed by atoms with Gasteiger partial charge in [0.05, 0.1) is 12.2 Å². The van der Waals surface area contributed by atoms with Gasteiger partial charge in [0.2, 0.25) is 0 Å². The first-order chi connectivity index (χ1) is 9.08. The molecule has 8 nitrogen and oxygen atoms in total. The minimum atomic E-state index is -2.10. The van der Waals surface area contributed by atoms with E-state index in [0.29, 0.717) is 11.3 Å². The molecule has 0 aliphatic heterocycles. The summed E-state index contributed by atoms with van der Waals surface area (Å²) in [6.07, 6.45) is 0. The van der Waals surface area contributed by atoms with Crippen LogP contribution in [0.15, 0.2) is 4.79 Å². The molecule has 1 amide bonds. The molecular formula is C12H17N3O5. The summed E-state index contributed by atoms with van der Waals surface area (Å²) in [6.45, 7) is 3.77. The van der Waals surface area contributed by atoms with Crippen LogP contribution in [0.4, 0.5) is 0 Å². The molecule has 0 spiro atoms. The van der Waals surface area contributed by atoms with Gasteiger partial charge >= 0.3 is 5.97 Å². The molecular weight excluding hydrogens is 266 g/mol. The van der Waals surface area contributed by atoms with Crippen LogP contribution in [0.2, 0.25) is 0 Å². The summed E-state index contributed by atoms with van der Waals surface area (Å²) < 4.78 is 1.03. The van der Waals surface area contributed by atoms with Crippen LogP contribution in [0, 0.1) is 13.8 Å². The molecule has 0 aromatic carbocycles. The summed E-state index contributed by atoms with van der Waals surface area (Å²) in [7, 11) is 1.42. The molecule has 0 bridgehead atoms. The molecule has 1 aromatic heterocycles. The lowest BCUT2D eigenvalue weighted by Gasteiger charge is -2.18. The van der Waals surface area contributed by atoms with Crippen molar-refractivity contribution in [1.82, 2.24) is 15.1 Å². The lowest BCUT2D eigenvalue weighted by Crippen LogP contribution is -2.47. The highest BCUT2D eigenvalue weighted by atomic mass is 16.4. The third-order valence-electron chi connectivity index (χ3n) is 3.01. The molecule has 0 aliphatic rings. The van der Waals surface area contributed by atoms with Gasteiger partial charge in [-0.1, -0.05) is 0 Å². The highest BCUT2D eigenvalue weighted by Gasteiger charge is 2.31. The Morgan fingerprint density at radius 3 is 2.45 bits per heavy atom. The Bertz CT molecular complexity index is 618. The minimum absolute atomic E-state index is 0.110. The summed E-state index contributed by atoms with van der Waals surface area (Å²) in [5, 5.41) is 24.4. The van der Waals surface area contributed by atoms with Crippen molar-refractivity contribution in [3.8, 4) is 0 Å². The SMILES string of the molecule is Cc1nn(C)c(=O)c(C(=O)NCC(C)(O)C(=O)O)c1C. The molecule has 1 rings (SSSR count). The van der Waals surface area contributed by atoms with E-state index in [1.54, 1.807) is 13.8 Å². The second-order valence-corrected chi connectivity index (χ2v) is 4.78. The van der Waals surface area contributed by atoms with E-state index < -0.39 is 29.6 Å². The fourth-order valence-corrected chi connectivity index (χ4v) is 1.53. The van der Waals surface area contributed by atoms with Crippen molar-refractivity contribution >= 4 is 11.9 Å². The maximum absolute atomic E-state index is 12.0. The van der Waals surface area contributed by atoms with E-state index in [0.717, 1.165) is 11.6 Å². The highest BCUT2D eigenvalue weighted by molar-refractivity contribution is 5.95. The van der Waals surface area contributed by atoms with Gasteiger partial charge in [-0.25, -0.2) is 9.48 Å². The third-order valence-corrected chi connectivity index (χ3v) is 3.01. The van der Waals surface area contributed by atoms with Crippen LogP contribution in [-0.2, 0) is 11.8 Å². The summed E-state index contributed by atoms with van der Waals surface area (Å²) in [5.41, 5.74) is -1.86. The Morgan fingerprint density at radius 2 is 1.95 bits per heavy atom. The van der Waals surface area contributed by atoms with Gasteiger partial charge < -0.3 is 15.5 Å². The van der Waals surface area contributed by atoms with Crippen LogP contribution in [0.5, 0.6) is 0 Å². The number of nitrogens with zero attached hydrogens (tertiary/aromatic N) is 2. The predicted octanol–water partition coefficient (Wildman–Crippen LogP) is -1.04. The molecule has 0 saturated carbocycles. The summed E-state index contributed by atoms with van der Waals surface area (Å²) in [4.78, 5) is 34.6. The number of carbonyl (C=O) groups excluding carboxylic acids is 1. The number of aliphatic hydroxyl groups is 1. The lowest BCUT2D eigenvalue weighted by molar-refractivity contribution is -0.155. The van der Waals surface area contributed by atoms with Crippen molar-refractivity contribution in [1.29, 1.82) is 0 Å². The van der Waals surface area contributed by atoms with Crippen LogP contribution < -0.4 is 10.9 Å². The monoisotopic (exact) mass is 283 g/mol. The number of hydrogen-bond acceptors (Lipinski definition) is 5. The molecule has 0 fully saturated rings. The van der Waals surface area contributed by atoms with E-state index in [-0.39, 0.29) is 5.56 Å². The summed E-state index contributed by atoms with van der Waals surface area (Å²) in [5.74, 6) is -2.21. The van der Waals surface area contributed by atoms with Crippen LogP contribution in [0.25, 0.3) is 0 Å². The number of carbonyl (C=O) groups is 2. The topological polar surface area (TPSA) is 122 Å². The number of aromatic nitrogens is 2. The Morgan fingerprint density at radius 1 is 1.40 bits per heavy atom. The molecule has 0 radical (unpaired) electrons. The Balaban J connectivity index is 3.06. The normalized spacial score (nSPS) is 13.7. The Labute approximate surface area is 115 Å². The van der Waals surface area contributed by atoms with Gasteiger partial charge in [0.1, 0.15) is 5.56 Å². The predicted molar refractivity (Wildman–Crippen MR) is 69.5 cm³/mol. The van der Waals surface area contributed by atoms with E-state index in [1.165, 1.54) is 7.05 Å². The van der Waals surface area contributed by atoms with Gasteiger partial charge in [-0.05, 0) is 26.3 Å². The van der Waals surface area contributed by atoms with Crippen molar-refractivity contribution in [2.75, 3.05) is 6.54 Å². The first kappa shape index (κ1) is 15.8. The van der Waals surface area contributed by atoms with E-state index in [1.807, 2.05) is 0 Å². The van der Waals surface area contributed by atoms with Crippen LogP contribution in [-0.4, -0.2) is 44.0 Å². The van der Waals surface area contributed by atoms with Crippen LogP contribution in [0.3, 0.4) is 0 Å². The second-order valence-electron chi connectivity index (χ2n) is 4.78. The zero-order valence-electron chi connectivity index (χ0n) is 11.7. The number of rotatable bonds is 4. The molecule has 1 heterocycles. The van der Waals surface area contributed by atoms with Gasteiger partial charge in [0, 0.05) is 7.05 Å². The molecule has 8 heteroatoms. The van der Waals surface area contributed by atoms with Gasteiger partial charge in [-0.3, -0.25) is 9.59 Å². The fourth-order valence-electron chi connectivity index (χ4n) is 1.53. The zero-order valence-corrected chi connectivity index (χ0v) is 11.7. The third kappa shape index (κ3) is 3.02. The molecule has 3 N–H and O–H groups in total. The van der Waals surface area contributed by atoms with Crippen molar-refractivity contribution in [2.24, 2.45) is 7.05 Å². The molecule has 1 atom stereocenters. The maximum atomic E-state index is 12.0. The molecule has 0 saturated heterocycles. The Hall–Kier alpha value is -2.22. The molecule has 1 unspecified atom stereocenters. The highest BCUT2D eigenvalue weighted by Crippen LogP contribution is 2.07. The molecule has 1 aromatic rings. The smallest absolute Gasteiger partial charge is 0.337 e. The number of aryl methyl sites for hydroxylation is 2. The van der Waals surface area contributed by atoms with Crippen LogP contribution in [0.1, 0.15) is 28.5 Å². The van der Waals surface area contributed by atoms with Gasteiger partial charge in [-0.15, -0.1) is 0 Å². The quantitative estimate of drug-likeness (QED) is 0.649. The van der Waals surface area contributed by atoms with Crippen molar-refractivity contribution in [2.45, 2.75) is 26.4 Å². The number of hydrogen-bond donors (Lipinski definition) is 3. The molecule has 0 aliphatic carbocycles. The van der Waals surface area contributed by atoms with Gasteiger partial charge in [0.15, 0.2) is 5.60 Å². The number of nitrogens with one attached hydrogen (secondary N) is 1. The summed E-state index contributed by atoms with van der Waals surface area (Å²) in [6, 6.07) is 0. The second kappa shape index (κ2) is 5.41. The zero-order chi connectivity index (χ0) is 15.7. The average Bonchev–Trinajstić information content (AvgIpc) is 2.34. The van der Waals surface area contributed by atoms with Crippen molar-refractivity contribution in [3.05, 3.63) is 27.2 Å². The number of carboxylic acid groups (broad SMARTS) is 1. The molecule has 20 heavy (non-hydrogen) atoms. The largest absolute Gasteiger partial charge is 0.479 e. The number of carboxylic acids is 1. The maximum Gasteiger partial charge on any atom is 0.337 e. The van der Waals surface area contributed by atoms with E-state index in [9.17, 15) is 19.5 Å². The van der Waals surface area contributed by atoms with E-state index in [4.69, 9.17) is 5.11 Å². The average molecular weight is 283 g/mol. The first-order valence-corrected chi connectivity index (χ1v) is 5.86. The number of amides is 1. The fraction of sp³-hybridized carbons (Fsp3) is 0.500. The first-order valence-electron chi connectivity index (χ1n) is 5.86. The Kier molecular flexibility index (Phi) is 4.29. The van der Waals surface area contributed by atoms with Gasteiger partial charge in [-0.2, -0.15) is 5.10 Å². The lowest BCUT2D eigenvalue weighted by atomic mass is 10.1. The van der Waals surface area contributed by atoms with Gasteiger partial charge in [0.25, 0.3) is 11.5 Å². The minimum Gasteiger partial charge on any atom is -0.479 e.